The molecule has 0 radical (unpaired) electrons. The number of rotatable bonds is 1. The number of ether oxygens (including phenoxy) is 2. The Hall–Kier alpha value is -1.66. The summed E-state index contributed by atoms with van der Waals surface area (Å²) in [5.74, 6) is 0.654. The number of amides is 1. The van der Waals surface area contributed by atoms with Crippen LogP contribution in [0.5, 0.6) is 0 Å². The van der Waals surface area contributed by atoms with Gasteiger partial charge in [0.25, 0.3) is 5.91 Å². The second kappa shape index (κ2) is 5.76. The van der Waals surface area contributed by atoms with Gasteiger partial charge in [0.15, 0.2) is 0 Å². The molecule has 3 aliphatic rings. The number of hydrogen-bond acceptors (Lipinski definition) is 5. The van der Waals surface area contributed by atoms with Crippen LogP contribution in [0.25, 0.3) is 0 Å². The van der Waals surface area contributed by atoms with Crippen molar-refractivity contribution in [1.82, 2.24) is 9.88 Å². The Labute approximate surface area is 136 Å². The number of nitrogens with two attached hydrogens (primary N) is 1. The van der Waals surface area contributed by atoms with E-state index in [2.05, 4.69) is 4.98 Å². The molecule has 6 nitrogen and oxygen atoms in total. The maximum atomic E-state index is 12.7. The van der Waals surface area contributed by atoms with Gasteiger partial charge in [-0.05, 0) is 37.3 Å². The van der Waals surface area contributed by atoms with Crippen LogP contribution in [0.4, 0.5) is 5.82 Å². The highest BCUT2D eigenvalue weighted by Crippen LogP contribution is 2.39. The van der Waals surface area contributed by atoms with Gasteiger partial charge < -0.3 is 20.1 Å². The zero-order valence-electron chi connectivity index (χ0n) is 13.5. The molecule has 1 amide bonds. The van der Waals surface area contributed by atoms with Gasteiger partial charge in [0, 0.05) is 25.1 Å². The first-order valence-corrected chi connectivity index (χ1v) is 8.47. The number of pyridine rings is 1. The number of anilines is 1. The van der Waals surface area contributed by atoms with Crippen molar-refractivity contribution in [1.29, 1.82) is 0 Å². The van der Waals surface area contributed by atoms with Crippen molar-refractivity contribution in [3.05, 3.63) is 22.4 Å². The van der Waals surface area contributed by atoms with Crippen molar-refractivity contribution in [2.45, 2.75) is 58.0 Å². The van der Waals surface area contributed by atoms with Gasteiger partial charge in [-0.1, -0.05) is 0 Å². The number of piperidine rings is 1. The maximum absolute atomic E-state index is 12.7. The highest BCUT2D eigenvalue weighted by Gasteiger charge is 2.35. The third kappa shape index (κ3) is 2.50. The van der Waals surface area contributed by atoms with Crippen LogP contribution in [0.2, 0.25) is 0 Å². The van der Waals surface area contributed by atoms with E-state index < -0.39 is 6.10 Å². The number of likely N-dealkylation sites (tertiary alicyclic amines) is 1. The largest absolute Gasteiger partial charge is 0.383 e. The molecule has 0 spiro atoms. The second-order valence-corrected chi connectivity index (χ2v) is 6.66. The van der Waals surface area contributed by atoms with Gasteiger partial charge in [0.2, 0.25) is 0 Å². The Morgan fingerprint density at radius 1 is 1.17 bits per heavy atom. The number of aromatic nitrogens is 1. The Balaban J connectivity index is 1.60. The maximum Gasteiger partial charge on any atom is 0.252 e. The number of carbonyl (C=O) groups is 1. The van der Waals surface area contributed by atoms with Crippen molar-refractivity contribution in [2.75, 3.05) is 18.8 Å². The molecule has 3 aliphatic heterocycles. The molecule has 0 aliphatic carbocycles. The molecule has 1 fully saturated rings. The van der Waals surface area contributed by atoms with E-state index in [4.69, 9.17) is 15.2 Å². The summed E-state index contributed by atoms with van der Waals surface area (Å²) in [6.07, 6.45) is 3.55. The van der Waals surface area contributed by atoms with Gasteiger partial charge in [0.1, 0.15) is 11.9 Å². The van der Waals surface area contributed by atoms with Crippen LogP contribution in [0.15, 0.2) is 0 Å². The summed E-state index contributed by atoms with van der Waals surface area (Å²) in [6, 6.07) is 0. The van der Waals surface area contributed by atoms with Gasteiger partial charge in [0.05, 0.1) is 25.0 Å². The third-order valence-corrected chi connectivity index (χ3v) is 5.21. The summed E-state index contributed by atoms with van der Waals surface area (Å²) in [5.41, 5.74) is 10.2. The number of nitrogen functional groups attached to an aromatic ring is 1. The summed E-state index contributed by atoms with van der Waals surface area (Å²) in [7, 11) is 0. The average molecular weight is 317 g/mol. The average Bonchev–Trinajstić information content (AvgIpc) is 2.98. The van der Waals surface area contributed by atoms with E-state index in [9.17, 15) is 4.79 Å². The molecule has 23 heavy (non-hydrogen) atoms. The van der Waals surface area contributed by atoms with Gasteiger partial charge in [-0.15, -0.1) is 0 Å². The first kappa shape index (κ1) is 14.9. The lowest BCUT2D eigenvalue weighted by molar-refractivity contribution is -0.146. The molecule has 2 atom stereocenters. The van der Waals surface area contributed by atoms with Crippen LogP contribution in [-0.2, 0) is 33.9 Å². The topological polar surface area (TPSA) is 77.7 Å². The highest BCUT2D eigenvalue weighted by atomic mass is 16.5. The van der Waals surface area contributed by atoms with E-state index >= 15 is 0 Å². The summed E-state index contributed by atoms with van der Waals surface area (Å²) in [5, 5.41) is 0. The fraction of sp³-hybridized carbons (Fsp3) is 0.647. The van der Waals surface area contributed by atoms with E-state index in [1.165, 1.54) is 6.42 Å². The molecule has 0 saturated carbocycles. The van der Waals surface area contributed by atoms with Crippen LogP contribution < -0.4 is 5.73 Å². The predicted molar refractivity (Wildman–Crippen MR) is 84.6 cm³/mol. The molecule has 2 N–H and O–H groups in total. The molecular weight excluding hydrogens is 294 g/mol. The number of nitrogens with zero attached hydrogens (tertiary/aromatic N) is 2. The summed E-state index contributed by atoms with van der Waals surface area (Å²) < 4.78 is 11.5. The van der Waals surface area contributed by atoms with E-state index in [0.717, 1.165) is 48.3 Å². The standard InChI is InChI=1S/C17H23N3O3/c1-10-15-12(8-22-10)11-7-14(23-9-13(11)19-16(15)18)17(21)20-5-3-2-4-6-20/h10,14H,2-9H2,1H3,(H2,18,19)/t10-,14+/m1/s1. The van der Waals surface area contributed by atoms with E-state index in [1.807, 2.05) is 11.8 Å². The molecule has 0 bridgehead atoms. The van der Waals surface area contributed by atoms with Crippen molar-refractivity contribution in [3.63, 3.8) is 0 Å². The minimum Gasteiger partial charge on any atom is -0.383 e. The Morgan fingerprint density at radius 3 is 2.74 bits per heavy atom. The van der Waals surface area contributed by atoms with E-state index in [1.54, 1.807) is 0 Å². The van der Waals surface area contributed by atoms with Crippen LogP contribution in [0.3, 0.4) is 0 Å². The lowest BCUT2D eigenvalue weighted by atomic mass is 9.93. The normalized spacial score (nSPS) is 26.7. The van der Waals surface area contributed by atoms with Crippen molar-refractivity contribution in [3.8, 4) is 0 Å². The van der Waals surface area contributed by atoms with E-state index in [-0.39, 0.29) is 12.0 Å². The van der Waals surface area contributed by atoms with Crippen LogP contribution >= 0.6 is 0 Å². The molecule has 6 heteroatoms. The van der Waals surface area contributed by atoms with Crippen LogP contribution in [0.1, 0.15) is 54.7 Å². The Morgan fingerprint density at radius 2 is 1.96 bits per heavy atom. The summed E-state index contributed by atoms with van der Waals surface area (Å²) in [4.78, 5) is 19.2. The fourth-order valence-corrected chi connectivity index (χ4v) is 3.94. The molecule has 124 valence electrons. The van der Waals surface area contributed by atoms with E-state index in [0.29, 0.717) is 25.5 Å². The van der Waals surface area contributed by atoms with Crippen molar-refractivity contribution >= 4 is 11.7 Å². The third-order valence-electron chi connectivity index (χ3n) is 5.21. The second-order valence-electron chi connectivity index (χ2n) is 6.66. The SMILES string of the molecule is C[C@H]1OCc2c3c(nc(N)c21)CO[C@H](C(=O)N1CCCCC1)C3. The monoisotopic (exact) mass is 317 g/mol. The Bertz CT molecular complexity index is 640. The van der Waals surface area contributed by atoms with Crippen LogP contribution in [-0.4, -0.2) is 35.0 Å². The molecule has 1 aromatic heterocycles. The molecule has 4 rings (SSSR count). The highest BCUT2D eigenvalue weighted by molar-refractivity contribution is 5.81. The molecule has 0 aromatic carbocycles. The van der Waals surface area contributed by atoms with Gasteiger partial charge in [-0.3, -0.25) is 4.79 Å². The molecule has 1 saturated heterocycles. The lowest BCUT2D eigenvalue weighted by Gasteiger charge is -2.33. The minimum atomic E-state index is -0.397. The predicted octanol–water partition coefficient (Wildman–Crippen LogP) is 1.71. The van der Waals surface area contributed by atoms with Crippen molar-refractivity contribution < 1.29 is 14.3 Å². The van der Waals surface area contributed by atoms with Gasteiger partial charge in [-0.25, -0.2) is 4.98 Å². The summed E-state index contributed by atoms with van der Waals surface area (Å²) in [6.45, 7) is 4.60. The van der Waals surface area contributed by atoms with Crippen molar-refractivity contribution in [2.24, 2.45) is 0 Å². The lowest BCUT2D eigenvalue weighted by Crippen LogP contribution is -2.45. The first-order valence-electron chi connectivity index (χ1n) is 8.47. The fourth-order valence-electron chi connectivity index (χ4n) is 3.94. The molecular formula is C17H23N3O3. The smallest absolute Gasteiger partial charge is 0.252 e. The van der Waals surface area contributed by atoms with Gasteiger partial charge >= 0.3 is 0 Å². The zero-order valence-corrected chi connectivity index (χ0v) is 13.5. The quantitative estimate of drug-likeness (QED) is 0.853. The molecule has 0 unspecified atom stereocenters. The zero-order chi connectivity index (χ0) is 16.0. The van der Waals surface area contributed by atoms with Gasteiger partial charge in [-0.2, -0.15) is 0 Å². The molecule has 4 heterocycles. The Kier molecular flexibility index (Phi) is 3.73. The molecule has 1 aromatic rings. The number of hydrogen-bond donors (Lipinski definition) is 1. The number of fused-ring (bicyclic) bond motifs is 3. The summed E-state index contributed by atoms with van der Waals surface area (Å²) >= 11 is 0. The first-order chi connectivity index (χ1) is 11.1. The minimum absolute atomic E-state index is 0.0260. The number of carbonyl (C=O) groups excluding carboxylic acids is 1. The van der Waals surface area contributed by atoms with Crippen LogP contribution in [0, 0.1) is 0 Å².